The second kappa shape index (κ2) is 6.03. The van der Waals surface area contributed by atoms with Crippen molar-refractivity contribution in [3.8, 4) is 0 Å². The number of benzene rings is 1. The summed E-state index contributed by atoms with van der Waals surface area (Å²) in [6.45, 7) is 5.36. The number of amides is 1. The third kappa shape index (κ3) is 3.04. The molecule has 1 N–H and O–H groups in total. The summed E-state index contributed by atoms with van der Waals surface area (Å²) in [4.78, 5) is 25.2. The molecule has 0 radical (unpaired) electrons. The smallest absolute Gasteiger partial charge is 0.335 e. The molecule has 5 nitrogen and oxygen atoms in total. The van der Waals surface area contributed by atoms with E-state index in [1.54, 1.807) is 23.1 Å². The largest absolute Gasteiger partial charge is 0.479 e. The van der Waals surface area contributed by atoms with E-state index in [-0.39, 0.29) is 18.6 Å². The number of morpholine rings is 1. The fourth-order valence-electron chi connectivity index (χ4n) is 2.73. The second-order valence-corrected chi connectivity index (χ2v) is 5.85. The number of rotatable bonds is 3. The molecule has 2 rings (SSSR count). The van der Waals surface area contributed by atoms with Gasteiger partial charge in [0.25, 0.3) is 0 Å². The van der Waals surface area contributed by atoms with Crippen LogP contribution < -0.4 is 0 Å². The number of carbonyl (C=O) groups is 2. The first-order chi connectivity index (χ1) is 9.82. The summed E-state index contributed by atoms with van der Waals surface area (Å²) >= 11 is 5.95. The van der Waals surface area contributed by atoms with Crippen molar-refractivity contribution in [3.63, 3.8) is 0 Å². The average molecular weight is 312 g/mol. The molecule has 1 heterocycles. The molecule has 2 atom stereocenters. The predicted molar refractivity (Wildman–Crippen MR) is 78.3 cm³/mol. The Morgan fingerprint density at radius 1 is 1.48 bits per heavy atom. The van der Waals surface area contributed by atoms with E-state index in [1.807, 2.05) is 20.8 Å². The maximum atomic E-state index is 12.1. The number of halogens is 1. The van der Waals surface area contributed by atoms with E-state index >= 15 is 0 Å². The van der Waals surface area contributed by atoms with Crippen LogP contribution in [0.3, 0.4) is 0 Å². The Hall–Kier alpha value is -1.59. The molecule has 0 aliphatic carbocycles. The molecule has 0 spiro atoms. The lowest BCUT2D eigenvalue weighted by molar-refractivity contribution is -0.175. The van der Waals surface area contributed by atoms with Crippen molar-refractivity contribution in [1.82, 2.24) is 4.90 Å². The molecule has 1 aromatic rings. The minimum absolute atomic E-state index is 0.122. The van der Waals surface area contributed by atoms with Crippen LogP contribution in [0.2, 0.25) is 5.02 Å². The first-order valence-corrected chi connectivity index (χ1v) is 7.12. The Morgan fingerprint density at radius 3 is 2.67 bits per heavy atom. The summed E-state index contributed by atoms with van der Waals surface area (Å²) in [5, 5.41) is 9.98. The maximum Gasteiger partial charge on any atom is 0.335 e. The number of hydrogen-bond acceptors (Lipinski definition) is 3. The zero-order valence-corrected chi connectivity index (χ0v) is 12.9. The van der Waals surface area contributed by atoms with E-state index < -0.39 is 18.1 Å². The predicted octanol–water partition coefficient (Wildman–Crippen LogP) is 2.41. The van der Waals surface area contributed by atoms with Gasteiger partial charge in [-0.25, -0.2) is 4.79 Å². The maximum absolute atomic E-state index is 12.1. The van der Waals surface area contributed by atoms with Crippen molar-refractivity contribution in [1.29, 1.82) is 0 Å². The van der Waals surface area contributed by atoms with Gasteiger partial charge in [-0.05, 0) is 44.0 Å². The van der Waals surface area contributed by atoms with E-state index in [9.17, 15) is 14.7 Å². The van der Waals surface area contributed by atoms with Crippen LogP contribution in [-0.4, -0.2) is 40.6 Å². The number of ether oxygens (including phenoxy) is 1. The number of aryl methyl sites for hydroxylation is 1. The van der Waals surface area contributed by atoms with E-state index in [2.05, 4.69) is 0 Å². The topological polar surface area (TPSA) is 66.8 Å². The summed E-state index contributed by atoms with van der Waals surface area (Å²) in [5.41, 5.74) is 1.58. The van der Waals surface area contributed by atoms with E-state index in [1.165, 1.54) is 0 Å². The first kappa shape index (κ1) is 15.8. The molecule has 21 heavy (non-hydrogen) atoms. The molecule has 2 unspecified atom stereocenters. The number of carbonyl (C=O) groups excluding carboxylic acids is 1. The summed E-state index contributed by atoms with van der Waals surface area (Å²) in [7, 11) is 0. The normalized spacial score (nSPS) is 22.7. The van der Waals surface area contributed by atoms with Gasteiger partial charge in [-0.3, -0.25) is 4.79 Å². The Labute approximate surface area is 128 Å². The number of carboxylic acid groups (broad SMARTS) is 1. The van der Waals surface area contributed by atoms with Gasteiger partial charge >= 0.3 is 5.97 Å². The number of nitrogens with zero attached hydrogens (tertiary/aromatic N) is 1. The van der Waals surface area contributed by atoms with Crippen molar-refractivity contribution in [2.24, 2.45) is 0 Å². The lowest BCUT2D eigenvalue weighted by atomic mass is 9.93. The van der Waals surface area contributed by atoms with E-state index in [4.69, 9.17) is 16.3 Å². The minimum Gasteiger partial charge on any atom is -0.479 e. The Kier molecular flexibility index (Phi) is 4.54. The van der Waals surface area contributed by atoms with Gasteiger partial charge in [0.2, 0.25) is 5.91 Å². The molecule has 1 aliphatic rings. The molecule has 1 aromatic carbocycles. The molecule has 1 amide bonds. The molecular weight excluding hydrogens is 294 g/mol. The molecule has 1 fully saturated rings. The third-order valence-electron chi connectivity index (χ3n) is 3.61. The molecule has 6 heteroatoms. The highest BCUT2D eigenvalue weighted by atomic mass is 35.5. The van der Waals surface area contributed by atoms with Crippen LogP contribution in [0, 0.1) is 6.92 Å². The Balaban J connectivity index is 2.54. The van der Waals surface area contributed by atoms with E-state index in [0.29, 0.717) is 5.02 Å². The molecule has 1 aliphatic heterocycles. The van der Waals surface area contributed by atoms with Gasteiger partial charge in [-0.2, -0.15) is 0 Å². The third-order valence-corrected chi connectivity index (χ3v) is 3.85. The van der Waals surface area contributed by atoms with Crippen molar-refractivity contribution in [2.75, 3.05) is 6.61 Å². The van der Waals surface area contributed by atoms with Crippen LogP contribution in [0.4, 0.5) is 0 Å². The molecule has 0 aromatic heterocycles. The highest BCUT2D eigenvalue weighted by Crippen LogP contribution is 2.34. The summed E-state index contributed by atoms with van der Waals surface area (Å²) in [6, 6.07) is 4.44. The Morgan fingerprint density at radius 2 is 2.14 bits per heavy atom. The SMILES string of the molecule is Cc1cc(Cl)ccc1C1C(C(=O)O)OCC(=O)N1C(C)C. The molecule has 0 saturated carbocycles. The quantitative estimate of drug-likeness (QED) is 0.931. The zero-order valence-electron chi connectivity index (χ0n) is 12.2. The van der Waals surface area contributed by atoms with Gasteiger partial charge in [-0.1, -0.05) is 17.7 Å². The van der Waals surface area contributed by atoms with Crippen molar-refractivity contribution in [3.05, 3.63) is 34.3 Å². The van der Waals surface area contributed by atoms with Crippen LogP contribution in [0.5, 0.6) is 0 Å². The van der Waals surface area contributed by atoms with Gasteiger partial charge in [0.15, 0.2) is 6.10 Å². The fraction of sp³-hybridized carbons (Fsp3) is 0.467. The molecule has 0 bridgehead atoms. The van der Waals surface area contributed by atoms with Crippen LogP contribution in [-0.2, 0) is 14.3 Å². The van der Waals surface area contributed by atoms with Crippen molar-refractivity contribution >= 4 is 23.5 Å². The van der Waals surface area contributed by atoms with Crippen molar-refractivity contribution < 1.29 is 19.4 Å². The Bertz CT molecular complexity index is 573. The standard InChI is InChI=1S/C15H18ClNO4/c1-8(2)17-12(18)7-21-14(15(19)20)13(17)11-5-4-10(16)6-9(11)3/h4-6,8,13-14H,7H2,1-3H3,(H,19,20). The van der Waals surface area contributed by atoms with Gasteiger partial charge in [0, 0.05) is 11.1 Å². The summed E-state index contributed by atoms with van der Waals surface area (Å²) < 4.78 is 5.26. The number of aliphatic carboxylic acids is 1. The minimum atomic E-state index is -1.08. The van der Waals surface area contributed by atoms with Crippen LogP contribution in [0.1, 0.15) is 31.0 Å². The van der Waals surface area contributed by atoms with E-state index in [0.717, 1.165) is 11.1 Å². The highest BCUT2D eigenvalue weighted by molar-refractivity contribution is 6.30. The summed E-state index contributed by atoms with van der Waals surface area (Å²) in [5.74, 6) is -1.28. The average Bonchev–Trinajstić information content (AvgIpc) is 2.37. The fourth-order valence-corrected chi connectivity index (χ4v) is 2.95. The van der Waals surface area contributed by atoms with Gasteiger partial charge in [0.1, 0.15) is 6.61 Å². The number of hydrogen-bond donors (Lipinski definition) is 1. The lowest BCUT2D eigenvalue weighted by Gasteiger charge is -2.42. The second-order valence-electron chi connectivity index (χ2n) is 5.41. The van der Waals surface area contributed by atoms with Crippen molar-refractivity contribution in [2.45, 2.75) is 39.0 Å². The molecule has 1 saturated heterocycles. The summed E-state index contributed by atoms with van der Waals surface area (Å²) in [6.07, 6.45) is -1.08. The lowest BCUT2D eigenvalue weighted by Crippen LogP contribution is -2.54. The highest BCUT2D eigenvalue weighted by Gasteiger charge is 2.43. The molecular formula is C15H18ClNO4. The van der Waals surface area contributed by atoms with Crippen LogP contribution in [0.25, 0.3) is 0 Å². The first-order valence-electron chi connectivity index (χ1n) is 6.74. The van der Waals surface area contributed by atoms with Gasteiger partial charge in [0.05, 0.1) is 6.04 Å². The van der Waals surface area contributed by atoms with Crippen LogP contribution in [0.15, 0.2) is 18.2 Å². The van der Waals surface area contributed by atoms with Gasteiger partial charge < -0.3 is 14.7 Å². The zero-order chi connectivity index (χ0) is 15.7. The number of carboxylic acids is 1. The van der Waals surface area contributed by atoms with Gasteiger partial charge in [-0.15, -0.1) is 0 Å². The molecule has 114 valence electrons. The monoisotopic (exact) mass is 311 g/mol. The van der Waals surface area contributed by atoms with Crippen LogP contribution >= 0.6 is 11.6 Å².